The highest BCUT2D eigenvalue weighted by Gasteiger charge is 2.18. The molecule has 0 spiro atoms. The SMILES string of the molecule is COc1cc(COC2CCCCO2)ccc1B(O)O. The fraction of sp³-hybridized carbons (Fsp3) is 0.538. The minimum atomic E-state index is -1.54. The van der Waals surface area contributed by atoms with Crippen LogP contribution in [0.15, 0.2) is 18.2 Å². The smallest absolute Gasteiger partial charge is 0.492 e. The Kier molecular flexibility index (Phi) is 5.21. The fourth-order valence-corrected chi connectivity index (χ4v) is 2.09. The van der Waals surface area contributed by atoms with Crippen LogP contribution < -0.4 is 10.2 Å². The predicted molar refractivity (Wildman–Crippen MR) is 71.2 cm³/mol. The highest BCUT2D eigenvalue weighted by molar-refractivity contribution is 6.59. The normalized spacial score (nSPS) is 19.2. The number of hydrogen-bond donors (Lipinski definition) is 2. The standard InChI is InChI=1S/C13H19BO5/c1-17-12-8-10(5-6-11(12)14(15)16)9-19-13-4-2-3-7-18-13/h5-6,8,13,15-16H,2-4,7,9H2,1H3. The molecule has 1 saturated heterocycles. The van der Waals surface area contributed by atoms with E-state index in [2.05, 4.69) is 0 Å². The van der Waals surface area contributed by atoms with Gasteiger partial charge in [-0.05, 0) is 30.9 Å². The van der Waals surface area contributed by atoms with Gasteiger partial charge in [-0.2, -0.15) is 0 Å². The average Bonchev–Trinajstić information content (AvgIpc) is 2.45. The zero-order valence-electron chi connectivity index (χ0n) is 11.0. The number of hydrogen-bond acceptors (Lipinski definition) is 5. The van der Waals surface area contributed by atoms with Crippen LogP contribution in [-0.4, -0.2) is 37.2 Å². The van der Waals surface area contributed by atoms with E-state index in [1.54, 1.807) is 18.2 Å². The van der Waals surface area contributed by atoms with Gasteiger partial charge in [-0.15, -0.1) is 0 Å². The van der Waals surface area contributed by atoms with Crippen molar-refractivity contribution >= 4 is 12.6 Å². The lowest BCUT2D eigenvalue weighted by atomic mass is 9.79. The minimum absolute atomic E-state index is 0.136. The summed E-state index contributed by atoms with van der Waals surface area (Å²) in [6.45, 7) is 1.17. The summed E-state index contributed by atoms with van der Waals surface area (Å²) in [5.74, 6) is 0.445. The van der Waals surface area contributed by atoms with Crippen molar-refractivity contribution in [1.82, 2.24) is 0 Å². The summed E-state index contributed by atoms with van der Waals surface area (Å²) in [5, 5.41) is 18.4. The van der Waals surface area contributed by atoms with Gasteiger partial charge in [0.15, 0.2) is 6.29 Å². The van der Waals surface area contributed by atoms with Gasteiger partial charge in [-0.3, -0.25) is 0 Å². The monoisotopic (exact) mass is 266 g/mol. The van der Waals surface area contributed by atoms with Crippen molar-refractivity contribution in [3.63, 3.8) is 0 Å². The summed E-state index contributed by atoms with van der Waals surface area (Å²) in [4.78, 5) is 0. The number of rotatable bonds is 5. The summed E-state index contributed by atoms with van der Waals surface area (Å²) in [5.41, 5.74) is 1.26. The molecule has 1 heterocycles. The summed E-state index contributed by atoms with van der Waals surface area (Å²) in [7, 11) is -0.0394. The molecule has 0 aromatic heterocycles. The molecule has 6 heteroatoms. The van der Waals surface area contributed by atoms with Gasteiger partial charge in [0.1, 0.15) is 5.75 Å². The van der Waals surface area contributed by atoms with E-state index in [9.17, 15) is 10.0 Å². The quantitative estimate of drug-likeness (QED) is 0.756. The van der Waals surface area contributed by atoms with Crippen LogP contribution in [-0.2, 0) is 16.1 Å². The van der Waals surface area contributed by atoms with Crippen LogP contribution >= 0.6 is 0 Å². The summed E-state index contributed by atoms with van der Waals surface area (Å²) < 4.78 is 16.3. The minimum Gasteiger partial charge on any atom is -0.497 e. The number of methoxy groups -OCH3 is 1. The van der Waals surface area contributed by atoms with Crippen molar-refractivity contribution in [3.05, 3.63) is 23.8 Å². The number of ether oxygens (including phenoxy) is 3. The number of benzene rings is 1. The molecule has 1 aromatic rings. The average molecular weight is 266 g/mol. The third kappa shape index (κ3) is 3.94. The molecule has 0 aliphatic carbocycles. The lowest BCUT2D eigenvalue weighted by Crippen LogP contribution is -2.31. The van der Waals surface area contributed by atoms with Gasteiger partial charge in [0.25, 0.3) is 0 Å². The summed E-state index contributed by atoms with van der Waals surface area (Å²) in [6, 6.07) is 5.17. The predicted octanol–water partition coefficient (Wildman–Crippen LogP) is 0.418. The highest BCUT2D eigenvalue weighted by atomic mass is 16.7. The molecule has 5 nitrogen and oxygen atoms in total. The van der Waals surface area contributed by atoms with Crippen LogP contribution in [0.1, 0.15) is 24.8 Å². The molecule has 0 bridgehead atoms. The van der Waals surface area contributed by atoms with Crippen LogP contribution in [0, 0.1) is 0 Å². The molecule has 19 heavy (non-hydrogen) atoms. The lowest BCUT2D eigenvalue weighted by Gasteiger charge is -2.22. The Morgan fingerprint density at radius 2 is 2.21 bits per heavy atom. The molecule has 2 N–H and O–H groups in total. The van der Waals surface area contributed by atoms with Crippen LogP contribution in [0.2, 0.25) is 0 Å². The third-order valence-corrected chi connectivity index (χ3v) is 3.15. The van der Waals surface area contributed by atoms with Gasteiger partial charge in [0, 0.05) is 12.1 Å². The van der Waals surface area contributed by atoms with Crippen LogP contribution in [0.5, 0.6) is 5.75 Å². The maximum Gasteiger partial charge on any atom is 0.492 e. The van der Waals surface area contributed by atoms with Crippen molar-refractivity contribution in [2.75, 3.05) is 13.7 Å². The molecular weight excluding hydrogens is 247 g/mol. The van der Waals surface area contributed by atoms with Crippen molar-refractivity contribution in [3.8, 4) is 5.75 Å². The maximum atomic E-state index is 9.18. The van der Waals surface area contributed by atoms with E-state index in [0.29, 0.717) is 17.8 Å². The van der Waals surface area contributed by atoms with E-state index >= 15 is 0 Å². The zero-order valence-corrected chi connectivity index (χ0v) is 11.0. The first-order valence-electron chi connectivity index (χ1n) is 6.47. The molecule has 1 unspecified atom stereocenters. The van der Waals surface area contributed by atoms with Gasteiger partial charge in [-0.25, -0.2) is 0 Å². The summed E-state index contributed by atoms with van der Waals surface area (Å²) in [6.07, 6.45) is 3.01. The largest absolute Gasteiger partial charge is 0.497 e. The second-order valence-electron chi connectivity index (χ2n) is 4.56. The van der Waals surface area contributed by atoms with E-state index < -0.39 is 7.12 Å². The third-order valence-electron chi connectivity index (χ3n) is 3.15. The fourth-order valence-electron chi connectivity index (χ4n) is 2.09. The lowest BCUT2D eigenvalue weighted by molar-refractivity contribution is -0.168. The van der Waals surface area contributed by atoms with E-state index in [1.165, 1.54) is 7.11 Å². The van der Waals surface area contributed by atoms with Crippen molar-refractivity contribution in [2.24, 2.45) is 0 Å². The van der Waals surface area contributed by atoms with Gasteiger partial charge in [0.05, 0.1) is 13.7 Å². The first-order chi connectivity index (χ1) is 9.20. The van der Waals surface area contributed by atoms with E-state index in [4.69, 9.17) is 14.2 Å². The van der Waals surface area contributed by atoms with Crippen molar-refractivity contribution in [2.45, 2.75) is 32.2 Å². The summed E-state index contributed by atoms with van der Waals surface area (Å²) >= 11 is 0. The Morgan fingerprint density at radius 3 is 2.84 bits per heavy atom. The highest BCUT2D eigenvalue weighted by Crippen LogP contribution is 2.17. The van der Waals surface area contributed by atoms with E-state index in [-0.39, 0.29) is 6.29 Å². The van der Waals surface area contributed by atoms with Gasteiger partial charge < -0.3 is 24.3 Å². The molecule has 104 valence electrons. The van der Waals surface area contributed by atoms with Crippen LogP contribution in [0.4, 0.5) is 0 Å². The second kappa shape index (κ2) is 6.91. The Balaban J connectivity index is 1.96. The Labute approximate surface area is 113 Å². The second-order valence-corrected chi connectivity index (χ2v) is 4.56. The van der Waals surface area contributed by atoms with E-state index in [1.807, 2.05) is 0 Å². The van der Waals surface area contributed by atoms with Crippen molar-refractivity contribution in [1.29, 1.82) is 0 Å². The molecule has 1 atom stereocenters. The Morgan fingerprint density at radius 1 is 1.37 bits per heavy atom. The van der Waals surface area contributed by atoms with E-state index in [0.717, 1.165) is 31.4 Å². The Bertz CT molecular complexity index is 404. The zero-order chi connectivity index (χ0) is 13.7. The molecule has 1 aromatic carbocycles. The van der Waals surface area contributed by atoms with Crippen molar-refractivity contribution < 1.29 is 24.3 Å². The maximum absolute atomic E-state index is 9.18. The molecule has 1 aliphatic heterocycles. The Hall–Kier alpha value is -1.08. The molecule has 2 rings (SSSR count). The van der Waals surface area contributed by atoms with Gasteiger partial charge in [0.2, 0.25) is 0 Å². The molecule has 1 fully saturated rings. The first kappa shape index (κ1) is 14.3. The topological polar surface area (TPSA) is 68.2 Å². The molecule has 0 radical (unpaired) electrons. The molecule has 1 aliphatic rings. The first-order valence-corrected chi connectivity index (χ1v) is 6.47. The van der Waals surface area contributed by atoms with Crippen LogP contribution in [0.3, 0.4) is 0 Å². The molecular formula is C13H19BO5. The van der Waals surface area contributed by atoms with Gasteiger partial charge >= 0.3 is 7.12 Å². The van der Waals surface area contributed by atoms with Crippen LogP contribution in [0.25, 0.3) is 0 Å². The molecule has 0 saturated carbocycles. The van der Waals surface area contributed by atoms with Gasteiger partial charge in [-0.1, -0.05) is 12.1 Å². The molecule has 0 amide bonds.